The van der Waals surface area contributed by atoms with Crippen LogP contribution in [0.3, 0.4) is 0 Å². The van der Waals surface area contributed by atoms with E-state index in [0.717, 1.165) is 16.3 Å². The molecule has 0 aliphatic rings. The third kappa shape index (κ3) is 3.67. The second kappa shape index (κ2) is 6.60. The molecule has 0 rings (SSSR count). The van der Waals surface area contributed by atoms with Gasteiger partial charge in [-0.15, -0.1) is 0 Å². The lowest BCUT2D eigenvalue weighted by Crippen LogP contribution is -2.39. The quantitative estimate of drug-likeness (QED) is 0.435. The molecule has 0 N–H and O–H groups in total. The summed E-state index contributed by atoms with van der Waals surface area (Å²) in [6.07, 6.45) is 0. The predicted octanol–water partition coefficient (Wildman–Crippen LogP) is 0.533. The second-order valence-electron chi connectivity index (χ2n) is 2.34. The van der Waals surface area contributed by atoms with Gasteiger partial charge in [0.15, 0.2) is 0 Å². The van der Waals surface area contributed by atoms with Gasteiger partial charge in [-0.05, 0) is 20.8 Å². The first kappa shape index (κ1) is 12.1. The molecule has 0 saturated carbocycles. The molecule has 74 valence electrons. The lowest BCUT2D eigenvalue weighted by atomic mass is 10.6. The minimum Gasteiger partial charge on any atom is -0.328 e. The number of ether oxygens (including phenoxy) is 3. The van der Waals surface area contributed by atoms with Crippen LogP contribution < -0.4 is 0 Å². The predicted molar refractivity (Wildman–Crippen MR) is 52.4 cm³/mol. The van der Waals surface area contributed by atoms with Crippen molar-refractivity contribution in [2.75, 3.05) is 19.8 Å². The van der Waals surface area contributed by atoms with Crippen LogP contribution in [-0.2, 0) is 14.2 Å². The summed E-state index contributed by atoms with van der Waals surface area (Å²) in [4.78, 5) is 0. The Balaban J connectivity index is 4.06. The summed E-state index contributed by atoms with van der Waals surface area (Å²) in [7, 11) is 1.01. The molecule has 0 heterocycles. The fourth-order valence-electron chi connectivity index (χ4n) is 1.09. The van der Waals surface area contributed by atoms with Gasteiger partial charge in [-0.3, -0.25) is 0 Å². The Hall–Kier alpha value is 0.0969. The van der Waals surface area contributed by atoms with Crippen LogP contribution in [0.15, 0.2) is 0 Å². The Labute approximate surface area is 77.8 Å². The maximum Gasteiger partial charge on any atom is 0.279 e. The van der Waals surface area contributed by atoms with Crippen molar-refractivity contribution in [1.82, 2.24) is 0 Å². The Morgan fingerprint density at radius 1 is 0.917 bits per heavy atom. The third-order valence-corrected chi connectivity index (χ3v) is 2.39. The molecule has 0 bridgehead atoms. The lowest BCUT2D eigenvalue weighted by molar-refractivity contribution is -0.365. The van der Waals surface area contributed by atoms with Crippen LogP contribution in [0.2, 0.25) is 6.04 Å². The summed E-state index contributed by atoms with van der Waals surface area (Å²) < 4.78 is 16.3. The van der Waals surface area contributed by atoms with Crippen molar-refractivity contribution in [3.05, 3.63) is 0 Å². The van der Waals surface area contributed by atoms with Gasteiger partial charge in [-0.1, -0.05) is 0 Å². The zero-order chi connectivity index (χ0) is 9.45. The van der Waals surface area contributed by atoms with E-state index in [1.54, 1.807) is 0 Å². The molecular weight excluding hydrogens is 172 g/mol. The molecule has 0 aliphatic carbocycles. The molecule has 0 amide bonds. The van der Waals surface area contributed by atoms with Crippen LogP contribution in [-0.4, -0.2) is 36.0 Å². The SMILES string of the molecule is CCOC(C[SiH3])(OCC)OCC. The van der Waals surface area contributed by atoms with Crippen molar-refractivity contribution < 1.29 is 14.2 Å². The zero-order valence-corrected chi connectivity index (χ0v) is 10.6. The van der Waals surface area contributed by atoms with Crippen LogP contribution in [0.25, 0.3) is 0 Å². The third-order valence-electron chi connectivity index (χ3n) is 1.53. The van der Waals surface area contributed by atoms with E-state index in [9.17, 15) is 0 Å². The van der Waals surface area contributed by atoms with Gasteiger partial charge in [-0.25, -0.2) is 0 Å². The molecule has 0 fully saturated rings. The minimum absolute atomic E-state index is 0.627. The van der Waals surface area contributed by atoms with Crippen LogP contribution in [0.5, 0.6) is 0 Å². The van der Waals surface area contributed by atoms with Gasteiger partial charge in [0.2, 0.25) is 0 Å². The molecule has 4 heteroatoms. The molecule has 3 nitrogen and oxygen atoms in total. The molecule has 0 atom stereocenters. The number of hydrogen-bond acceptors (Lipinski definition) is 3. The molecule has 12 heavy (non-hydrogen) atoms. The monoisotopic (exact) mass is 192 g/mol. The first-order valence-electron chi connectivity index (χ1n) is 4.66. The fraction of sp³-hybridized carbons (Fsp3) is 1.00. The van der Waals surface area contributed by atoms with Crippen molar-refractivity contribution >= 4 is 10.2 Å². The summed E-state index contributed by atoms with van der Waals surface area (Å²) in [6, 6.07) is 0.850. The highest BCUT2D eigenvalue weighted by molar-refractivity contribution is 6.09. The van der Waals surface area contributed by atoms with Crippen molar-refractivity contribution in [1.29, 1.82) is 0 Å². The molecule has 0 spiro atoms. The smallest absolute Gasteiger partial charge is 0.279 e. The Kier molecular flexibility index (Phi) is 6.65. The molecular formula is C8H20O3Si. The van der Waals surface area contributed by atoms with E-state index in [0.29, 0.717) is 19.8 Å². The molecule has 0 radical (unpaired) electrons. The summed E-state index contributed by atoms with van der Waals surface area (Å²) in [5, 5.41) is 0. The fourth-order valence-corrected chi connectivity index (χ4v) is 1.70. The van der Waals surface area contributed by atoms with Gasteiger partial charge in [0.1, 0.15) is 0 Å². The average Bonchev–Trinajstić information content (AvgIpc) is 2.06. The van der Waals surface area contributed by atoms with Gasteiger partial charge in [-0.2, -0.15) is 0 Å². The number of rotatable bonds is 7. The van der Waals surface area contributed by atoms with Gasteiger partial charge < -0.3 is 14.2 Å². The second-order valence-corrected chi connectivity index (χ2v) is 3.04. The highest BCUT2D eigenvalue weighted by Crippen LogP contribution is 2.18. The zero-order valence-electron chi connectivity index (χ0n) is 8.55. The summed E-state index contributed by atoms with van der Waals surface area (Å²) in [6.45, 7) is 7.73. The van der Waals surface area contributed by atoms with E-state index in [1.807, 2.05) is 20.8 Å². The van der Waals surface area contributed by atoms with E-state index >= 15 is 0 Å². The molecule has 0 unspecified atom stereocenters. The van der Waals surface area contributed by atoms with Crippen molar-refractivity contribution in [3.63, 3.8) is 0 Å². The minimum atomic E-state index is -0.746. The Morgan fingerprint density at radius 3 is 1.42 bits per heavy atom. The van der Waals surface area contributed by atoms with Crippen LogP contribution >= 0.6 is 0 Å². The lowest BCUT2D eigenvalue weighted by Gasteiger charge is -2.31. The highest BCUT2D eigenvalue weighted by Gasteiger charge is 2.29. The van der Waals surface area contributed by atoms with Crippen molar-refractivity contribution in [2.45, 2.75) is 32.8 Å². The van der Waals surface area contributed by atoms with Crippen molar-refractivity contribution in [2.24, 2.45) is 0 Å². The summed E-state index contributed by atoms with van der Waals surface area (Å²) >= 11 is 0. The molecule has 0 saturated heterocycles. The maximum atomic E-state index is 5.45. The van der Waals surface area contributed by atoms with E-state index < -0.39 is 5.97 Å². The molecule has 0 aromatic rings. The molecule has 0 aliphatic heterocycles. The standard InChI is InChI=1S/C8H20O3Si/c1-4-9-8(7-12,10-5-2)11-6-3/h4-7H2,1-3,12H3. The average molecular weight is 192 g/mol. The number of hydrogen-bond donors (Lipinski definition) is 0. The largest absolute Gasteiger partial charge is 0.328 e. The topological polar surface area (TPSA) is 27.7 Å². The normalized spacial score (nSPS) is 12.2. The highest BCUT2D eigenvalue weighted by atomic mass is 28.1. The first-order valence-corrected chi connectivity index (χ1v) is 6.07. The maximum absolute atomic E-state index is 5.45. The van der Waals surface area contributed by atoms with Gasteiger partial charge >= 0.3 is 0 Å². The van der Waals surface area contributed by atoms with Gasteiger partial charge in [0, 0.05) is 36.1 Å². The summed E-state index contributed by atoms with van der Waals surface area (Å²) in [5.74, 6) is -0.746. The van der Waals surface area contributed by atoms with Crippen molar-refractivity contribution in [3.8, 4) is 0 Å². The van der Waals surface area contributed by atoms with Gasteiger partial charge in [0.05, 0.1) is 0 Å². The van der Waals surface area contributed by atoms with Crippen LogP contribution in [0.4, 0.5) is 0 Å². The van der Waals surface area contributed by atoms with E-state index in [1.165, 1.54) is 0 Å². The molecule has 0 aromatic heterocycles. The van der Waals surface area contributed by atoms with Gasteiger partial charge in [0.25, 0.3) is 5.97 Å². The molecule has 0 aromatic carbocycles. The summed E-state index contributed by atoms with van der Waals surface area (Å²) in [5.41, 5.74) is 0. The Bertz CT molecular complexity index is 91.5. The first-order chi connectivity index (χ1) is 5.74. The van der Waals surface area contributed by atoms with E-state index in [4.69, 9.17) is 14.2 Å². The van der Waals surface area contributed by atoms with Crippen LogP contribution in [0, 0.1) is 0 Å². The van der Waals surface area contributed by atoms with E-state index in [-0.39, 0.29) is 0 Å². The van der Waals surface area contributed by atoms with E-state index in [2.05, 4.69) is 0 Å². The Morgan fingerprint density at radius 2 is 1.25 bits per heavy atom. The van der Waals surface area contributed by atoms with Crippen LogP contribution in [0.1, 0.15) is 20.8 Å².